The van der Waals surface area contributed by atoms with Crippen LogP contribution >= 0.6 is 0 Å². The Kier molecular flexibility index (Phi) is 5.25. The number of urea groups is 1. The first-order valence-corrected chi connectivity index (χ1v) is 8.19. The Morgan fingerprint density at radius 2 is 2.08 bits per heavy atom. The van der Waals surface area contributed by atoms with Crippen LogP contribution in [0, 0.1) is 0 Å². The van der Waals surface area contributed by atoms with Gasteiger partial charge < -0.3 is 21.3 Å². The number of carbonyl (C=O) groups excluding carboxylic acids is 2. The van der Waals surface area contributed by atoms with Crippen LogP contribution in [0.5, 0.6) is 0 Å². The molecule has 1 atom stereocenters. The molecule has 0 spiro atoms. The molecular formula is C18H21N5O2. The Hall–Kier alpha value is -2.93. The molecule has 7 heteroatoms. The predicted molar refractivity (Wildman–Crippen MR) is 93.7 cm³/mol. The van der Waals surface area contributed by atoms with Gasteiger partial charge >= 0.3 is 6.03 Å². The summed E-state index contributed by atoms with van der Waals surface area (Å²) in [5.74, 6) is -0.00948. The van der Waals surface area contributed by atoms with Crippen LogP contribution in [0.15, 0.2) is 48.8 Å². The number of primary amides is 1. The van der Waals surface area contributed by atoms with Crippen molar-refractivity contribution in [2.75, 3.05) is 19.6 Å². The van der Waals surface area contributed by atoms with Crippen LogP contribution in [0.1, 0.15) is 27.5 Å². The molecule has 2 aromatic rings. The van der Waals surface area contributed by atoms with E-state index in [-0.39, 0.29) is 11.9 Å². The Morgan fingerprint density at radius 3 is 2.76 bits per heavy atom. The van der Waals surface area contributed by atoms with Gasteiger partial charge in [-0.1, -0.05) is 18.2 Å². The van der Waals surface area contributed by atoms with Crippen molar-refractivity contribution >= 4 is 11.9 Å². The van der Waals surface area contributed by atoms with E-state index in [1.54, 1.807) is 24.5 Å². The zero-order chi connectivity index (χ0) is 17.6. The number of rotatable bonds is 4. The molecule has 0 radical (unpaired) electrons. The molecule has 1 aliphatic heterocycles. The summed E-state index contributed by atoms with van der Waals surface area (Å²) in [5, 5.41) is 5.86. The summed E-state index contributed by atoms with van der Waals surface area (Å²) in [4.78, 5) is 29.8. The van der Waals surface area contributed by atoms with Crippen molar-refractivity contribution in [3.8, 4) is 0 Å². The Balaban J connectivity index is 1.75. The average Bonchev–Trinajstić information content (AvgIpc) is 2.67. The van der Waals surface area contributed by atoms with Crippen LogP contribution in [-0.4, -0.2) is 41.5 Å². The first kappa shape index (κ1) is 16.9. The lowest BCUT2D eigenvalue weighted by Gasteiger charge is -2.36. The van der Waals surface area contributed by atoms with E-state index in [4.69, 9.17) is 5.73 Å². The van der Waals surface area contributed by atoms with Gasteiger partial charge in [0.1, 0.15) is 0 Å². The highest BCUT2D eigenvalue weighted by Crippen LogP contribution is 2.23. The largest absolute Gasteiger partial charge is 0.352 e. The van der Waals surface area contributed by atoms with Crippen molar-refractivity contribution in [2.24, 2.45) is 5.73 Å². The van der Waals surface area contributed by atoms with Gasteiger partial charge in [-0.15, -0.1) is 0 Å². The van der Waals surface area contributed by atoms with Crippen LogP contribution in [0.4, 0.5) is 4.79 Å². The van der Waals surface area contributed by atoms with E-state index in [9.17, 15) is 9.59 Å². The highest BCUT2D eigenvalue weighted by atomic mass is 16.2. The minimum atomic E-state index is -0.569. The topological polar surface area (TPSA) is 100 Å². The molecule has 1 saturated heterocycles. The minimum absolute atomic E-state index is 0.00948. The van der Waals surface area contributed by atoms with E-state index < -0.39 is 6.03 Å². The van der Waals surface area contributed by atoms with Crippen molar-refractivity contribution in [3.05, 3.63) is 65.5 Å². The maximum atomic E-state index is 12.9. The fourth-order valence-electron chi connectivity index (χ4n) is 2.94. The highest BCUT2D eigenvalue weighted by Gasteiger charge is 2.28. The second kappa shape index (κ2) is 7.76. The van der Waals surface area contributed by atoms with E-state index in [2.05, 4.69) is 15.6 Å². The third-order valence-corrected chi connectivity index (χ3v) is 4.24. The van der Waals surface area contributed by atoms with Gasteiger partial charge in [0, 0.05) is 44.1 Å². The monoisotopic (exact) mass is 339 g/mol. The number of benzene rings is 1. The second-order valence-corrected chi connectivity index (χ2v) is 5.92. The molecule has 1 aromatic carbocycles. The second-order valence-electron chi connectivity index (χ2n) is 5.92. The number of hydrogen-bond acceptors (Lipinski definition) is 4. The van der Waals surface area contributed by atoms with Crippen LogP contribution in [0.2, 0.25) is 0 Å². The molecule has 1 aliphatic rings. The molecule has 0 saturated carbocycles. The molecule has 130 valence electrons. The SMILES string of the molecule is NC(=O)NCc1ccc(C(=O)N2CCNCC2c2cccnc2)cc1. The summed E-state index contributed by atoms with van der Waals surface area (Å²) in [7, 11) is 0. The minimum Gasteiger partial charge on any atom is -0.352 e. The van der Waals surface area contributed by atoms with Gasteiger partial charge in [0.05, 0.1) is 6.04 Å². The number of aromatic nitrogens is 1. The van der Waals surface area contributed by atoms with Gasteiger partial charge in [-0.05, 0) is 29.3 Å². The standard InChI is InChI=1S/C18H21N5O2/c19-18(25)22-10-13-3-5-14(6-4-13)17(24)23-9-8-21-12-16(23)15-2-1-7-20-11-15/h1-7,11,16,21H,8-10,12H2,(H3,19,22,25). The third kappa shape index (κ3) is 4.13. The summed E-state index contributed by atoms with van der Waals surface area (Å²) in [6, 6.07) is 10.5. The fourth-order valence-corrected chi connectivity index (χ4v) is 2.94. The number of amides is 3. The molecule has 0 bridgehead atoms. The molecule has 0 aliphatic carbocycles. The molecule has 1 aromatic heterocycles. The van der Waals surface area contributed by atoms with Crippen molar-refractivity contribution < 1.29 is 9.59 Å². The van der Waals surface area contributed by atoms with Gasteiger partial charge in [0.2, 0.25) is 0 Å². The van der Waals surface area contributed by atoms with Crippen LogP contribution in [0.3, 0.4) is 0 Å². The van der Waals surface area contributed by atoms with Gasteiger partial charge in [-0.3, -0.25) is 9.78 Å². The molecule has 7 nitrogen and oxygen atoms in total. The number of nitrogens with two attached hydrogens (primary N) is 1. The van der Waals surface area contributed by atoms with Crippen LogP contribution in [-0.2, 0) is 6.54 Å². The van der Waals surface area contributed by atoms with Gasteiger partial charge in [-0.25, -0.2) is 4.79 Å². The summed E-state index contributed by atoms with van der Waals surface area (Å²) in [6.45, 7) is 2.46. The molecule has 1 fully saturated rings. The first-order valence-electron chi connectivity index (χ1n) is 8.19. The highest BCUT2D eigenvalue weighted by molar-refractivity contribution is 5.94. The molecule has 25 heavy (non-hydrogen) atoms. The maximum absolute atomic E-state index is 12.9. The number of carbonyl (C=O) groups is 2. The summed E-state index contributed by atoms with van der Waals surface area (Å²) >= 11 is 0. The van der Waals surface area contributed by atoms with Crippen molar-refractivity contribution in [2.45, 2.75) is 12.6 Å². The number of pyridine rings is 1. The van der Waals surface area contributed by atoms with E-state index in [1.807, 2.05) is 29.2 Å². The lowest BCUT2D eigenvalue weighted by Crippen LogP contribution is -2.48. The number of piperazine rings is 1. The van der Waals surface area contributed by atoms with Crippen LogP contribution in [0.25, 0.3) is 0 Å². The zero-order valence-electron chi connectivity index (χ0n) is 13.8. The smallest absolute Gasteiger partial charge is 0.312 e. The zero-order valence-corrected chi connectivity index (χ0v) is 13.8. The number of nitrogens with one attached hydrogen (secondary N) is 2. The van der Waals surface area contributed by atoms with Gasteiger partial charge in [0.25, 0.3) is 5.91 Å². The van der Waals surface area contributed by atoms with Crippen molar-refractivity contribution in [1.82, 2.24) is 20.5 Å². The van der Waals surface area contributed by atoms with E-state index in [0.717, 1.165) is 17.7 Å². The van der Waals surface area contributed by atoms with Crippen molar-refractivity contribution in [1.29, 1.82) is 0 Å². The first-order chi connectivity index (χ1) is 12.1. The van der Waals surface area contributed by atoms with E-state index in [1.165, 1.54) is 0 Å². The predicted octanol–water partition coefficient (Wildman–Crippen LogP) is 1.04. The summed E-state index contributed by atoms with van der Waals surface area (Å²) in [5.41, 5.74) is 7.60. The normalized spacial score (nSPS) is 17.1. The lowest BCUT2D eigenvalue weighted by atomic mass is 10.0. The molecule has 4 N–H and O–H groups in total. The van der Waals surface area contributed by atoms with E-state index >= 15 is 0 Å². The summed E-state index contributed by atoms with van der Waals surface area (Å²) < 4.78 is 0. The number of nitrogens with zero attached hydrogens (tertiary/aromatic N) is 2. The molecule has 3 rings (SSSR count). The Bertz CT molecular complexity index is 733. The van der Waals surface area contributed by atoms with Gasteiger partial charge in [-0.2, -0.15) is 0 Å². The molecular weight excluding hydrogens is 318 g/mol. The quantitative estimate of drug-likeness (QED) is 0.775. The average molecular weight is 339 g/mol. The maximum Gasteiger partial charge on any atom is 0.312 e. The fraction of sp³-hybridized carbons (Fsp3) is 0.278. The van der Waals surface area contributed by atoms with Gasteiger partial charge in [0.15, 0.2) is 0 Å². The van der Waals surface area contributed by atoms with Crippen molar-refractivity contribution in [3.63, 3.8) is 0 Å². The Labute approximate surface area is 146 Å². The van der Waals surface area contributed by atoms with Crippen LogP contribution < -0.4 is 16.4 Å². The Morgan fingerprint density at radius 1 is 1.28 bits per heavy atom. The third-order valence-electron chi connectivity index (χ3n) is 4.24. The number of hydrogen-bond donors (Lipinski definition) is 3. The molecule has 3 amide bonds. The van der Waals surface area contributed by atoms with E-state index in [0.29, 0.717) is 25.2 Å². The molecule has 2 heterocycles. The lowest BCUT2D eigenvalue weighted by molar-refractivity contribution is 0.0634. The summed E-state index contributed by atoms with van der Waals surface area (Å²) in [6.07, 6.45) is 3.53. The molecule has 1 unspecified atom stereocenters.